The van der Waals surface area contributed by atoms with Crippen molar-refractivity contribution in [2.24, 2.45) is 0 Å². The largest absolute Gasteiger partial charge is 0.350 e. The van der Waals surface area contributed by atoms with Crippen molar-refractivity contribution in [1.29, 1.82) is 0 Å². The summed E-state index contributed by atoms with van der Waals surface area (Å²) in [6.07, 6.45) is 4.79. The molecule has 0 fully saturated rings. The van der Waals surface area contributed by atoms with Crippen molar-refractivity contribution < 1.29 is 13.6 Å². The number of hydrogen-bond acceptors (Lipinski definition) is 4. The number of nitrogens with zero attached hydrogens (tertiary/aromatic N) is 4. The molecule has 9 heteroatoms. The second-order valence-corrected chi connectivity index (χ2v) is 5.10. The zero-order valence-electron chi connectivity index (χ0n) is 12.9. The number of imidazole rings is 1. The van der Waals surface area contributed by atoms with Gasteiger partial charge in [-0.3, -0.25) is 14.2 Å². The molecule has 0 aliphatic rings. The molecule has 7 nitrogen and oxygen atoms in total. The Labute approximate surface area is 140 Å². The summed E-state index contributed by atoms with van der Waals surface area (Å²) in [4.78, 5) is 27.7. The van der Waals surface area contributed by atoms with E-state index in [1.165, 1.54) is 17.1 Å². The molecule has 0 atom stereocenters. The lowest BCUT2D eigenvalue weighted by atomic mass is 10.2. The molecule has 0 spiro atoms. The van der Waals surface area contributed by atoms with Crippen molar-refractivity contribution in [3.63, 3.8) is 0 Å². The molecule has 0 radical (unpaired) electrons. The van der Waals surface area contributed by atoms with E-state index >= 15 is 0 Å². The van der Waals surface area contributed by atoms with Crippen molar-refractivity contribution in [2.75, 3.05) is 6.54 Å². The van der Waals surface area contributed by atoms with Crippen LogP contribution < -0.4 is 10.9 Å². The first-order valence-electron chi connectivity index (χ1n) is 7.34. The van der Waals surface area contributed by atoms with Crippen molar-refractivity contribution in [3.05, 3.63) is 76.6 Å². The van der Waals surface area contributed by atoms with Gasteiger partial charge in [0.25, 0.3) is 11.5 Å². The van der Waals surface area contributed by atoms with Gasteiger partial charge in [-0.25, -0.2) is 18.4 Å². The van der Waals surface area contributed by atoms with Crippen LogP contribution >= 0.6 is 0 Å². The van der Waals surface area contributed by atoms with E-state index < -0.39 is 17.5 Å². The molecule has 0 unspecified atom stereocenters. The summed E-state index contributed by atoms with van der Waals surface area (Å²) in [5, 5.41) is 6.63. The normalized spacial score (nSPS) is 10.6. The highest BCUT2D eigenvalue weighted by Gasteiger charge is 2.12. The third-order valence-corrected chi connectivity index (χ3v) is 3.41. The molecule has 0 saturated heterocycles. The van der Waals surface area contributed by atoms with Crippen LogP contribution in [0, 0.1) is 11.6 Å². The van der Waals surface area contributed by atoms with Gasteiger partial charge in [0.05, 0.1) is 12.1 Å². The standard InChI is InChI=1S/C16H13F2N5O2/c17-11-1-2-12(13(18)9-11)16(25)20-6-8-23-15(24)4-3-14(21-23)22-7-5-19-10-22/h1-5,7,9-10H,6,8H2,(H,20,25). The van der Waals surface area contributed by atoms with Crippen LogP contribution in [0.25, 0.3) is 5.82 Å². The van der Waals surface area contributed by atoms with E-state index in [4.69, 9.17) is 0 Å². The molecule has 25 heavy (non-hydrogen) atoms. The Morgan fingerprint density at radius 3 is 2.76 bits per heavy atom. The van der Waals surface area contributed by atoms with Crippen molar-refractivity contribution in [3.8, 4) is 5.82 Å². The van der Waals surface area contributed by atoms with Crippen molar-refractivity contribution in [2.45, 2.75) is 6.54 Å². The van der Waals surface area contributed by atoms with Gasteiger partial charge in [0.2, 0.25) is 0 Å². The van der Waals surface area contributed by atoms with Gasteiger partial charge in [-0.15, -0.1) is 0 Å². The molecule has 2 heterocycles. The SMILES string of the molecule is O=C(NCCn1nc(-n2ccnc2)ccc1=O)c1ccc(F)cc1F. The summed E-state index contributed by atoms with van der Waals surface area (Å²) in [5.41, 5.74) is -0.611. The fourth-order valence-corrected chi connectivity index (χ4v) is 2.17. The minimum absolute atomic E-state index is 0.0515. The maximum atomic E-state index is 13.5. The third-order valence-electron chi connectivity index (χ3n) is 3.41. The number of hydrogen-bond donors (Lipinski definition) is 1. The lowest BCUT2D eigenvalue weighted by Gasteiger charge is -2.09. The van der Waals surface area contributed by atoms with Gasteiger partial charge in [-0.05, 0) is 18.2 Å². The Hall–Kier alpha value is -3.36. The van der Waals surface area contributed by atoms with Gasteiger partial charge in [0.1, 0.15) is 18.0 Å². The average Bonchev–Trinajstić information content (AvgIpc) is 3.11. The molecule has 1 amide bonds. The monoisotopic (exact) mass is 345 g/mol. The zero-order valence-corrected chi connectivity index (χ0v) is 12.9. The summed E-state index contributed by atoms with van der Waals surface area (Å²) in [6.45, 7) is 0.145. The van der Waals surface area contributed by atoms with E-state index in [0.29, 0.717) is 11.9 Å². The van der Waals surface area contributed by atoms with Gasteiger partial charge in [-0.1, -0.05) is 0 Å². The van der Waals surface area contributed by atoms with Crippen LogP contribution in [-0.4, -0.2) is 31.8 Å². The molecule has 0 aliphatic heterocycles. The Kier molecular flexibility index (Phi) is 4.64. The lowest BCUT2D eigenvalue weighted by Crippen LogP contribution is -2.32. The van der Waals surface area contributed by atoms with Crippen LogP contribution in [0.1, 0.15) is 10.4 Å². The molecule has 128 valence electrons. The molecule has 0 aliphatic carbocycles. The van der Waals surface area contributed by atoms with Gasteiger partial charge >= 0.3 is 0 Å². The predicted molar refractivity (Wildman–Crippen MR) is 84.3 cm³/mol. The second kappa shape index (κ2) is 7.04. The van der Waals surface area contributed by atoms with Gasteiger partial charge in [0, 0.05) is 31.1 Å². The minimum atomic E-state index is -0.949. The molecule has 0 bridgehead atoms. The van der Waals surface area contributed by atoms with E-state index in [1.54, 1.807) is 23.0 Å². The Morgan fingerprint density at radius 2 is 2.04 bits per heavy atom. The summed E-state index contributed by atoms with van der Waals surface area (Å²) >= 11 is 0. The number of amides is 1. The predicted octanol–water partition coefficient (Wildman–Crippen LogP) is 1.14. The number of rotatable bonds is 5. The van der Waals surface area contributed by atoms with Crippen LogP contribution in [0.15, 0.2) is 53.8 Å². The van der Waals surface area contributed by atoms with Crippen molar-refractivity contribution in [1.82, 2.24) is 24.6 Å². The van der Waals surface area contributed by atoms with Gasteiger partial charge in [0.15, 0.2) is 5.82 Å². The Morgan fingerprint density at radius 1 is 1.20 bits per heavy atom. The van der Waals surface area contributed by atoms with Crippen LogP contribution in [0.4, 0.5) is 8.78 Å². The van der Waals surface area contributed by atoms with Crippen LogP contribution in [0.3, 0.4) is 0 Å². The molecule has 3 rings (SSSR count). The number of carbonyl (C=O) groups excluding carboxylic acids is 1. The highest BCUT2D eigenvalue weighted by atomic mass is 19.1. The quantitative estimate of drug-likeness (QED) is 0.752. The van der Waals surface area contributed by atoms with E-state index in [9.17, 15) is 18.4 Å². The first-order chi connectivity index (χ1) is 12.0. The van der Waals surface area contributed by atoms with E-state index in [-0.39, 0.29) is 24.2 Å². The fraction of sp³-hybridized carbons (Fsp3) is 0.125. The third kappa shape index (κ3) is 3.77. The highest BCUT2D eigenvalue weighted by molar-refractivity contribution is 5.94. The topological polar surface area (TPSA) is 81.8 Å². The number of halogens is 2. The van der Waals surface area contributed by atoms with Crippen LogP contribution in [-0.2, 0) is 6.54 Å². The number of aromatic nitrogens is 4. The molecule has 2 aromatic heterocycles. The maximum absolute atomic E-state index is 13.5. The van der Waals surface area contributed by atoms with E-state index in [1.807, 2.05) is 0 Å². The average molecular weight is 345 g/mol. The smallest absolute Gasteiger partial charge is 0.266 e. The Balaban J connectivity index is 1.67. The zero-order chi connectivity index (χ0) is 17.8. The summed E-state index contributed by atoms with van der Waals surface area (Å²) in [5.74, 6) is -1.92. The van der Waals surface area contributed by atoms with Crippen LogP contribution in [0.5, 0.6) is 0 Å². The molecular formula is C16H13F2N5O2. The number of carbonyl (C=O) groups is 1. The Bertz CT molecular complexity index is 953. The minimum Gasteiger partial charge on any atom is -0.350 e. The molecule has 1 N–H and O–H groups in total. The highest BCUT2D eigenvalue weighted by Crippen LogP contribution is 2.09. The summed E-state index contributed by atoms with van der Waals surface area (Å²) < 4.78 is 29.2. The second-order valence-electron chi connectivity index (χ2n) is 5.10. The van der Waals surface area contributed by atoms with Gasteiger partial charge < -0.3 is 5.32 Å². The molecule has 1 aromatic carbocycles. The molecule has 0 saturated carbocycles. The first-order valence-corrected chi connectivity index (χ1v) is 7.34. The number of nitrogens with one attached hydrogen (secondary N) is 1. The summed E-state index contributed by atoms with van der Waals surface area (Å²) in [6, 6.07) is 5.59. The van der Waals surface area contributed by atoms with E-state index in [0.717, 1.165) is 12.1 Å². The lowest BCUT2D eigenvalue weighted by molar-refractivity contribution is 0.0947. The fourth-order valence-electron chi connectivity index (χ4n) is 2.17. The molecular weight excluding hydrogens is 332 g/mol. The van der Waals surface area contributed by atoms with E-state index in [2.05, 4.69) is 15.4 Å². The first kappa shape index (κ1) is 16.5. The molecule has 3 aromatic rings. The van der Waals surface area contributed by atoms with Crippen LogP contribution in [0.2, 0.25) is 0 Å². The van der Waals surface area contributed by atoms with Gasteiger partial charge in [-0.2, -0.15) is 5.10 Å². The van der Waals surface area contributed by atoms with Crippen molar-refractivity contribution >= 4 is 5.91 Å². The maximum Gasteiger partial charge on any atom is 0.266 e. The summed E-state index contributed by atoms with van der Waals surface area (Å²) in [7, 11) is 0. The number of benzene rings is 1.